The maximum absolute atomic E-state index is 5.83. The third kappa shape index (κ3) is 2.74. The molecule has 0 radical (unpaired) electrons. The first-order chi connectivity index (χ1) is 10.8. The smallest absolute Gasteiger partial charge is 0.257 e. The summed E-state index contributed by atoms with van der Waals surface area (Å²) in [5.74, 6) is 1.34. The van der Waals surface area contributed by atoms with E-state index in [0.717, 1.165) is 18.0 Å². The molecule has 0 aliphatic carbocycles. The van der Waals surface area contributed by atoms with E-state index in [2.05, 4.69) is 34.2 Å². The van der Waals surface area contributed by atoms with E-state index >= 15 is 0 Å². The summed E-state index contributed by atoms with van der Waals surface area (Å²) >= 11 is 3.52. The van der Waals surface area contributed by atoms with Crippen LogP contribution in [0.4, 0.5) is 0 Å². The van der Waals surface area contributed by atoms with E-state index in [9.17, 15) is 0 Å². The van der Waals surface area contributed by atoms with Gasteiger partial charge in [-0.1, -0.05) is 6.07 Å². The van der Waals surface area contributed by atoms with Crippen LogP contribution in [0.3, 0.4) is 0 Å². The fourth-order valence-corrected chi connectivity index (χ4v) is 4.65. The summed E-state index contributed by atoms with van der Waals surface area (Å²) < 4.78 is 5.83. The molecule has 114 valence electrons. The molecule has 22 heavy (non-hydrogen) atoms. The Bertz CT molecular complexity index is 747. The van der Waals surface area contributed by atoms with Crippen molar-refractivity contribution < 1.29 is 4.42 Å². The van der Waals surface area contributed by atoms with E-state index in [1.165, 1.54) is 22.6 Å². The van der Waals surface area contributed by atoms with Crippen LogP contribution in [0.1, 0.15) is 34.5 Å². The molecule has 0 N–H and O–H groups in total. The highest BCUT2D eigenvalue weighted by atomic mass is 32.1. The highest BCUT2D eigenvalue weighted by molar-refractivity contribution is 7.13. The summed E-state index contributed by atoms with van der Waals surface area (Å²) in [6.45, 7) is 4.00. The van der Waals surface area contributed by atoms with Gasteiger partial charge in [-0.25, -0.2) is 0 Å². The van der Waals surface area contributed by atoms with Gasteiger partial charge in [-0.15, -0.1) is 32.9 Å². The topological polar surface area (TPSA) is 42.2 Å². The molecule has 4 rings (SSSR count). The maximum atomic E-state index is 5.83. The summed E-state index contributed by atoms with van der Waals surface area (Å²) in [6, 6.07) is 8.97. The highest BCUT2D eigenvalue weighted by Crippen LogP contribution is 2.36. The van der Waals surface area contributed by atoms with Crippen LogP contribution in [0.5, 0.6) is 0 Å². The number of aromatic nitrogens is 2. The standard InChI is InChI=1S/C16H17N3OS2/c1-11-6-7-13(22-11)12-4-2-8-19(12)10-15-17-18-16(20-15)14-5-3-9-21-14/h3,5-7,9,12H,2,4,8,10H2,1H3. The van der Waals surface area contributed by atoms with E-state index in [0.29, 0.717) is 17.8 Å². The molecule has 1 fully saturated rings. The van der Waals surface area contributed by atoms with Crippen molar-refractivity contribution in [3.8, 4) is 10.8 Å². The lowest BCUT2D eigenvalue weighted by Crippen LogP contribution is -2.22. The predicted octanol–water partition coefficient (Wildman–Crippen LogP) is 4.51. The molecule has 0 aromatic carbocycles. The minimum absolute atomic E-state index is 0.496. The summed E-state index contributed by atoms with van der Waals surface area (Å²) in [6.07, 6.45) is 2.44. The number of nitrogens with zero attached hydrogens (tertiary/aromatic N) is 3. The predicted molar refractivity (Wildman–Crippen MR) is 89.1 cm³/mol. The van der Waals surface area contributed by atoms with Gasteiger partial charge in [-0.2, -0.15) is 0 Å². The number of aryl methyl sites for hydroxylation is 1. The van der Waals surface area contributed by atoms with Gasteiger partial charge in [0.2, 0.25) is 5.89 Å². The molecule has 6 heteroatoms. The molecule has 1 aliphatic rings. The molecular weight excluding hydrogens is 314 g/mol. The van der Waals surface area contributed by atoms with E-state index in [1.807, 2.05) is 28.8 Å². The first-order valence-electron chi connectivity index (χ1n) is 7.46. The van der Waals surface area contributed by atoms with Crippen molar-refractivity contribution in [2.45, 2.75) is 32.4 Å². The van der Waals surface area contributed by atoms with E-state index in [4.69, 9.17) is 4.42 Å². The van der Waals surface area contributed by atoms with Crippen LogP contribution in [0.25, 0.3) is 10.8 Å². The number of thiophene rings is 2. The summed E-state index contributed by atoms with van der Waals surface area (Å²) in [7, 11) is 0. The first kappa shape index (κ1) is 14.1. The van der Waals surface area contributed by atoms with Crippen LogP contribution in [-0.4, -0.2) is 21.6 Å². The van der Waals surface area contributed by atoms with Gasteiger partial charge < -0.3 is 4.42 Å². The van der Waals surface area contributed by atoms with Crippen molar-refractivity contribution in [1.29, 1.82) is 0 Å². The second-order valence-corrected chi connectivity index (χ2v) is 7.82. The molecule has 1 atom stereocenters. The van der Waals surface area contributed by atoms with Gasteiger partial charge >= 0.3 is 0 Å². The van der Waals surface area contributed by atoms with Crippen LogP contribution < -0.4 is 0 Å². The first-order valence-corrected chi connectivity index (χ1v) is 9.16. The Morgan fingerprint density at radius 3 is 3.05 bits per heavy atom. The Hall–Kier alpha value is -1.50. The number of likely N-dealkylation sites (tertiary alicyclic amines) is 1. The van der Waals surface area contributed by atoms with Gasteiger partial charge in [-0.05, 0) is 49.9 Å². The van der Waals surface area contributed by atoms with Crippen molar-refractivity contribution in [3.63, 3.8) is 0 Å². The number of hydrogen-bond donors (Lipinski definition) is 0. The third-order valence-electron chi connectivity index (χ3n) is 3.99. The number of hydrogen-bond acceptors (Lipinski definition) is 6. The van der Waals surface area contributed by atoms with E-state index in [1.54, 1.807) is 11.3 Å². The fraction of sp³-hybridized carbons (Fsp3) is 0.375. The van der Waals surface area contributed by atoms with Crippen molar-refractivity contribution >= 4 is 22.7 Å². The van der Waals surface area contributed by atoms with Gasteiger partial charge in [0.05, 0.1) is 11.4 Å². The molecule has 4 heterocycles. The Morgan fingerprint density at radius 2 is 2.27 bits per heavy atom. The van der Waals surface area contributed by atoms with Gasteiger partial charge in [0.25, 0.3) is 5.89 Å². The van der Waals surface area contributed by atoms with Crippen LogP contribution in [0.15, 0.2) is 34.1 Å². The monoisotopic (exact) mass is 331 g/mol. The van der Waals surface area contributed by atoms with Crippen LogP contribution in [0, 0.1) is 6.92 Å². The summed E-state index contributed by atoms with van der Waals surface area (Å²) in [5.41, 5.74) is 0. The molecular formula is C16H17N3OS2. The second kappa shape index (κ2) is 5.95. The molecule has 1 saturated heterocycles. The normalized spacial score (nSPS) is 19.0. The van der Waals surface area contributed by atoms with E-state index in [-0.39, 0.29) is 0 Å². The molecule has 0 bridgehead atoms. The fourth-order valence-electron chi connectivity index (χ4n) is 2.96. The van der Waals surface area contributed by atoms with Gasteiger partial charge in [0.15, 0.2) is 0 Å². The largest absolute Gasteiger partial charge is 0.419 e. The average molecular weight is 331 g/mol. The zero-order chi connectivity index (χ0) is 14.9. The maximum Gasteiger partial charge on any atom is 0.257 e. The Labute approximate surface area is 137 Å². The Balaban J connectivity index is 1.50. The van der Waals surface area contributed by atoms with Gasteiger partial charge in [0.1, 0.15) is 0 Å². The van der Waals surface area contributed by atoms with Crippen molar-refractivity contribution in [2.24, 2.45) is 0 Å². The zero-order valence-electron chi connectivity index (χ0n) is 12.4. The van der Waals surface area contributed by atoms with E-state index < -0.39 is 0 Å². The molecule has 0 amide bonds. The lowest BCUT2D eigenvalue weighted by Gasteiger charge is -2.21. The lowest BCUT2D eigenvalue weighted by molar-refractivity contribution is 0.227. The quantitative estimate of drug-likeness (QED) is 0.705. The molecule has 4 nitrogen and oxygen atoms in total. The second-order valence-electron chi connectivity index (χ2n) is 5.56. The van der Waals surface area contributed by atoms with Crippen LogP contribution in [0.2, 0.25) is 0 Å². The molecule has 1 unspecified atom stereocenters. The molecule has 0 spiro atoms. The molecule has 3 aromatic rings. The minimum Gasteiger partial charge on any atom is -0.419 e. The number of rotatable bonds is 4. The summed E-state index contributed by atoms with van der Waals surface area (Å²) in [5, 5.41) is 10.4. The molecule has 0 saturated carbocycles. The van der Waals surface area contributed by atoms with Crippen molar-refractivity contribution in [3.05, 3.63) is 45.3 Å². The van der Waals surface area contributed by atoms with Crippen molar-refractivity contribution in [2.75, 3.05) is 6.54 Å². The lowest BCUT2D eigenvalue weighted by atomic mass is 10.2. The Morgan fingerprint density at radius 1 is 1.32 bits per heavy atom. The average Bonchev–Trinajstić information content (AvgIpc) is 3.26. The minimum atomic E-state index is 0.496. The van der Waals surface area contributed by atoms with Crippen molar-refractivity contribution in [1.82, 2.24) is 15.1 Å². The zero-order valence-corrected chi connectivity index (χ0v) is 14.0. The van der Waals surface area contributed by atoms with Crippen LogP contribution >= 0.6 is 22.7 Å². The SMILES string of the molecule is Cc1ccc(C2CCCN2Cc2nnc(-c3cccs3)o2)s1. The summed E-state index contributed by atoms with van der Waals surface area (Å²) in [4.78, 5) is 6.31. The molecule has 1 aliphatic heterocycles. The van der Waals surface area contributed by atoms with Crippen LogP contribution in [-0.2, 0) is 6.54 Å². The Kier molecular flexibility index (Phi) is 3.82. The molecule has 3 aromatic heterocycles. The van der Waals surface area contributed by atoms with Gasteiger partial charge in [-0.3, -0.25) is 4.90 Å². The van der Waals surface area contributed by atoms with Gasteiger partial charge in [0, 0.05) is 15.8 Å². The third-order valence-corrected chi connectivity index (χ3v) is 5.95. The highest BCUT2D eigenvalue weighted by Gasteiger charge is 2.28.